The molecule has 0 aliphatic carbocycles. The molecule has 3 aromatic rings. The third-order valence-corrected chi connectivity index (χ3v) is 6.18. The minimum atomic E-state index is -0.531. The number of nitrogens with zero attached hydrogens (tertiary/aromatic N) is 4. The average Bonchev–Trinajstić information content (AvgIpc) is 3.18. The number of hydrogen-bond donors (Lipinski definition) is 1. The molecule has 0 bridgehead atoms. The Morgan fingerprint density at radius 1 is 1.14 bits per heavy atom. The van der Waals surface area contributed by atoms with Crippen molar-refractivity contribution in [3.05, 3.63) is 71.7 Å². The van der Waals surface area contributed by atoms with Crippen LogP contribution in [0, 0.1) is 12.7 Å². The van der Waals surface area contributed by atoms with Gasteiger partial charge in [0.2, 0.25) is 5.88 Å². The highest BCUT2D eigenvalue weighted by Crippen LogP contribution is 2.32. The molecule has 0 unspecified atom stereocenters. The quantitative estimate of drug-likeness (QED) is 0.411. The molecule has 1 atom stereocenters. The first kappa shape index (κ1) is 26.2. The van der Waals surface area contributed by atoms with Gasteiger partial charge in [0.05, 0.1) is 42.9 Å². The Kier molecular flexibility index (Phi) is 9.43. The molecule has 0 radical (unpaired) electrons. The lowest BCUT2D eigenvalue weighted by molar-refractivity contribution is 0.00431. The number of aryl methyl sites for hydroxylation is 1. The number of hydrogen-bond acceptors (Lipinski definition) is 7. The highest BCUT2D eigenvalue weighted by Gasteiger charge is 2.24. The van der Waals surface area contributed by atoms with Crippen LogP contribution in [-0.2, 0) is 16.0 Å². The molecule has 1 aromatic heterocycles. The van der Waals surface area contributed by atoms with E-state index in [1.165, 1.54) is 12.1 Å². The smallest absolute Gasteiger partial charge is 0.227 e. The molecular formula is C27H35FN4O4. The van der Waals surface area contributed by atoms with E-state index in [2.05, 4.69) is 9.80 Å². The molecule has 1 fully saturated rings. The van der Waals surface area contributed by atoms with Gasteiger partial charge in [-0.1, -0.05) is 24.3 Å². The van der Waals surface area contributed by atoms with Gasteiger partial charge in [-0.15, -0.1) is 0 Å². The van der Waals surface area contributed by atoms with Crippen LogP contribution in [0.25, 0.3) is 5.69 Å². The summed E-state index contributed by atoms with van der Waals surface area (Å²) in [6.07, 6.45) is -0.531. The average molecular weight is 499 g/mol. The minimum Gasteiger partial charge on any atom is -0.438 e. The van der Waals surface area contributed by atoms with E-state index in [-0.39, 0.29) is 5.82 Å². The monoisotopic (exact) mass is 498 g/mol. The Balaban J connectivity index is 1.59. The summed E-state index contributed by atoms with van der Waals surface area (Å²) in [6, 6.07) is 15.8. The number of rotatable bonds is 12. The van der Waals surface area contributed by atoms with Crippen molar-refractivity contribution in [1.29, 1.82) is 0 Å². The lowest BCUT2D eigenvalue weighted by Gasteiger charge is -2.31. The second-order valence-electron chi connectivity index (χ2n) is 8.97. The van der Waals surface area contributed by atoms with E-state index >= 15 is 0 Å². The van der Waals surface area contributed by atoms with Crippen LogP contribution in [0.5, 0.6) is 11.6 Å². The fourth-order valence-electron chi connectivity index (χ4n) is 4.33. The number of para-hydroxylation sites is 1. The number of ether oxygens (including phenoxy) is 3. The summed E-state index contributed by atoms with van der Waals surface area (Å²) in [5.74, 6) is 0.544. The molecule has 0 amide bonds. The molecule has 4 rings (SSSR count). The van der Waals surface area contributed by atoms with Crippen molar-refractivity contribution in [2.45, 2.75) is 19.6 Å². The lowest BCUT2D eigenvalue weighted by atomic mass is 10.2. The van der Waals surface area contributed by atoms with Crippen LogP contribution >= 0.6 is 0 Å². The van der Waals surface area contributed by atoms with Crippen LogP contribution in [0.3, 0.4) is 0 Å². The van der Waals surface area contributed by atoms with Crippen molar-refractivity contribution in [1.82, 2.24) is 19.6 Å². The molecule has 1 saturated heterocycles. The van der Waals surface area contributed by atoms with Gasteiger partial charge >= 0.3 is 0 Å². The van der Waals surface area contributed by atoms with Crippen LogP contribution in [0.2, 0.25) is 0 Å². The van der Waals surface area contributed by atoms with Crippen LogP contribution in [0.1, 0.15) is 11.3 Å². The number of aromatic nitrogens is 2. The number of methoxy groups -OCH3 is 1. The van der Waals surface area contributed by atoms with Crippen LogP contribution in [0.4, 0.5) is 4.39 Å². The largest absolute Gasteiger partial charge is 0.438 e. The first-order valence-corrected chi connectivity index (χ1v) is 12.3. The van der Waals surface area contributed by atoms with Gasteiger partial charge in [0.1, 0.15) is 11.6 Å². The molecule has 1 aliphatic rings. The molecule has 9 heteroatoms. The maximum atomic E-state index is 13.9. The topological polar surface area (TPSA) is 72.2 Å². The van der Waals surface area contributed by atoms with Gasteiger partial charge in [0.15, 0.2) is 0 Å². The summed E-state index contributed by atoms with van der Waals surface area (Å²) in [5, 5.41) is 15.6. The van der Waals surface area contributed by atoms with E-state index in [1.807, 2.05) is 37.3 Å². The summed E-state index contributed by atoms with van der Waals surface area (Å²) >= 11 is 0. The Hall–Kier alpha value is -2.82. The first-order chi connectivity index (χ1) is 17.5. The zero-order valence-corrected chi connectivity index (χ0v) is 21.0. The van der Waals surface area contributed by atoms with Crippen LogP contribution < -0.4 is 4.74 Å². The Bertz CT molecular complexity index is 1090. The van der Waals surface area contributed by atoms with Crippen LogP contribution in [0.15, 0.2) is 54.6 Å². The molecule has 0 saturated carbocycles. The first-order valence-electron chi connectivity index (χ1n) is 12.3. The van der Waals surface area contributed by atoms with Gasteiger partial charge in [-0.05, 0) is 31.2 Å². The molecule has 1 aliphatic heterocycles. The van der Waals surface area contributed by atoms with Gasteiger partial charge in [-0.2, -0.15) is 5.10 Å². The Morgan fingerprint density at radius 3 is 2.64 bits per heavy atom. The van der Waals surface area contributed by atoms with Gasteiger partial charge in [-0.3, -0.25) is 9.80 Å². The van der Waals surface area contributed by atoms with Crippen LogP contribution in [-0.4, -0.2) is 90.4 Å². The standard InChI is InChI=1S/C27H35FN4O4/c1-21-26(20-31(11-14-34-2)19-24(33)18-30-12-15-35-16-13-30)27(36-25-10-6-7-22(28)17-25)32(29-21)23-8-4-3-5-9-23/h3-10,17,24,33H,11-16,18-20H2,1-2H3/t24-/m0/s1. The fraction of sp³-hybridized carbons (Fsp3) is 0.444. The zero-order chi connectivity index (χ0) is 25.3. The van der Waals surface area contributed by atoms with Crippen molar-refractivity contribution < 1.29 is 23.7 Å². The number of morpholine rings is 1. The highest BCUT2D eigenvalue weighted by atomic mass is 19.1. The van der Waals surface area contributed by atoms with Crippen molar-refractivity contribution in [2.24, 2.45) is 0 Å². The number of aliphatic hydroxyl groups is 1. The minimum absolute atomic E-state index is 0.371. The molecule has 0 spiro atoms. The molecule has 194 valence electrons. The predicted octanol–water partition coefficient (Wildman–Crippen LogP) is 3.25. The number of halogens is 1. The zero-order valence-electron chi connectivity index (χ0n) is 21.0. The second-order valence-corrected chi connectivity index (χ2v) is 8.97. The molecule has 2 aromatic carbocycles. The van der Waals surface area contributed by atoms with E-state index in [0.29, 0.717) is 57.6 Å². The summed E-state index contributed by atoms with van der Waals surface area (Å²) < 4.78 is 32.7. The molecular weight excluding hydrogens is 463 g/mol. The van der Waals surface area contributed by atoms with E-state index < -0.39 is 6.10 Å². The normalized spacial score (nSPS) is 15.4. The third kappa shape index (κ3) is 7.11. The molecule has 2 heterocycles. The van der Waals surface area contributed by atoms with Gasteiger partial charge < -0.3 is 19.3 Å². The Morgan fingerprint density at radius 2 is 1.92 bits per heavy atom. The summed E-state index contributed by atoms with van der Waals surface area (Å²) in [7, 11) is 1.67. The summed E-state index contributed by atoms with van der Waals surface area (Å²) in [6.45, 7) is 7.67. The maximum absolute atomic E-state index is 13.9. The number of β-amino-alcohol motifs (C(OH)–C–C–N with tert-alkyl or cyclic N) is 1. The highest BCUT2D eigenvalue weighted by molar-refractivity contribution is 5.43. The number of aliphatic hydroxyl groups excluding tert-OH is 1. The summed E-state index contributed by atoms with van der Waals surface area (Å²) in [5.41, 5.74) is 2.52. The van der Waals surface area contributed by atoms with Crippen molar-refractivity contribution in [3.8, 4) is 17.3 Å². The maximum Gasteiger partial charge on any atom is 0.227 e. The Labute approximate surface area is 211 Å². The second kappa shape index (κ2) is 12.9. The van der Waals surface area contributed by atoms with E-state index in [9.17, 15) is 9.50 Å². The van der Waals surface area contributed by atoms with Crippen molar-refractivity contribution in [2.75, 3.05) is 59.7 Å². The SMILES string of the molecule is COCCN(Cc1c(C)nn(-c2ccccc2)c1Oc1cccc(F)c1)C[C@@H](O)CN1CCOCC1. The third-order valence-electron chi connectivity index (χ3n) is 6.18. The fourth-order valence-corrected chi connectivity index (χ4v) is 4.33. The van der Waals surface area contributed by atoms with E-state index in [4.69, 9.17) is 19.3 Å². The van der Waals surface area contributed by atoms with E-state index in [0.717, 1.165) is 30.0 Å². The van der Waals surface area contributed by atoms with Gasteiger partial charge in [0.25, 0.3) is 0 Å². The molecule has 1 N–H and O–H groups in total. The van der Waals surface area contributed by atoms with Gasteiger partial charge in [0, 0.05) is 52.4 Å². The summed E-state index contributed by atoms with van der Waals surface area (Å²) in [4.78, 5) is 4.37. The number of benzene rings is 2. The molecule has 8 nitrogen and oxygen atoms in total. The predicted molar refractivity (Wildman–Crippen MR) is 135 cm³/mol. The van der Waals surface area contributed by atoms with Gasteiger partial charge in [-0.25, -0.2) is 9.07 Å². The van der Waals surface area contributed by atoms with Crippen molar-refractivity contribution in [3.63, 3.8) is 0 Å². The van der Waals surface area contributed by atoms with Crippen molar-refractivity contribution >= 4 is 0 Å². The lowest BCUT2D eigenvalue weighted by Crippen LogP contribution is -2.45. The van der Waals surface area contributed by atoms with E-state index in [1.54, 1.807) is 23.9 Å². The molecule has 36 heavy (non-hydrogen) atoms.